The van der Waals surface area contributed by atoms with Crippen molar-refractivity contribution in [1.82, 2.24) is 8.69 Å². The molecule has 0 bridgehead atoms. The van der Waals surface area contributed by atoms with Crippen molar-refractivity contribution in [2.45, 2.75) is 36.5 Å². The van der Waals surface area contributed by atoms with E-state index in [1.165, 1.54) is 3.97 Å². The van der Waals surface area contributed by atoms with Crippen LogP contribution in [0.15, 0.2) is 94.3 Å². The van der Waals surface area contributed by atoms with Crippen LogP contribution < -0.4 is 4.72 Å². The van der Waals surface area contributed by atoms with Crippen LogP contribution in [0.25, 0.3) is 10.9 Å². The summed E-state index contributed by atoms with van der Waals surface area (Å²) in [4.78, 5) is 0.190. The maximum absolute atomic E-state index is 13.9. The number of rotatable bonds is 6. The molecule has 0 aliphatic rings. The van der Waals surface area contributed by atoms with Crippen molar-refractivity contribution < 1.29 is 12.6 Å². The van der Waals surface area contributed by atoms with Crippen LogP contribution in [0.3, 0.4) is 0 Å². The van der Waals surface area contributed by atoms with E-state index in [2.05, 4.69) is 20.7 Å². The molecule has 0 spiro atoms. The van der Waals surface area contributed by atoms with Crippen LogP contribution in [0.2, 0.25) is 0 Å². The maximum atomic E-state index is 13.9. The van der Waals surface area contributed by atoms with Crippen LogP contribution >= 0.6 is 15.9 Å². The molecule has 0 aliphatic carbocycles. The van der Waals surface area contributed by atoms with Gasteiger partial charge >= 0.3 is 0 Å². The Morgan fingerprint density at radius 2 is 1.52 bits per heavy atom. The summed E-state index contributed by atoms with van der Waals surface area (Å²) in [6.07, 6.45) is 0. The molecule has 0 aliphatic heterocycles. The molecule has 1 heterocycles. The molecule has 1 aromatic heterocycles. The third-order valence-corrected chi connectivity index (χ3v) is 9.31. The first kappa shape index (κ1) is 23.9. The second kappa shape index (κ2) is 9.18. The molecule has 4 rings (SSSR count). The summed E-state index contributed by atoms with van der Waals surface area (Å²) < 4.78 is 45.8. The van der Waals surface area contributed by atoms with Crippen LogP contribution in [0.4, 0.5) is 0 Å². The highest BCUT2D eigenvalue weighted by Gasteiger charge is 2.32. The van der Waals surface area contributed by atoms with Gasteiger partial charge in [-0.2, -0.15) is 0 Å². The van der Waals surface area contributed by atoms with E-state index in [-0.39, 0.29) is 4.90 Å². The van der Waals surface area contributed by atoms with Gasteiger partial charge in [-0.05, 0) is 56.7 Å². The smallest absolute Gasteiger partial charge is 0.242 e. The summed E-state index contributed by atoms with van der Waals surface area (Å²) in [5.41, 5.74) is 1.85. The Morgan fingerprint density at radius 1 is 0.909 bits per heavy atom. The fraction of sp³-hybridized carbons (Fsp3) is 0.200. The predicted molar refractivity (Wildman–Crippen MR) is 138 cm³/mol. The highest BCUT2D eigenvalue weighted by Crippen LogP contribution is 2.35. The third-order valence-electron chi connectivity index (χ3n) is 5.27. The summed E-state index contributed by atoms with van der Waals surface area (Å²) in [7, 11) is -5.38. The van der Waals surface area contributed by atoms with Crippen molar-refractivity contribution in [3.63, 3.8) is 0 Å². The first-order valence-corrected chi connectivity index (χ1v) is 13.8. The second-order valence-corrected chi connectivity index (χ2v) is 13.3. The van der Waals surface area contributed by atoms with Gasteiger partial charge in [0.05, 0.1) is 37.9 Å². The van der Waals surface area contributed by atoms with Gasteiger partial charge in [-0.1, -0.05) is 70.5 Å². The van der Waals surface area contributed by atoms with Gasteiger partial charge in [0, 0.05) is 9.86 Å². The van der Waals surface area contributed by atoms with E-state index in [1.54, 1.807) is 36.4 Å². The number of nitrogens with zero attached hydrogens (tertiary/aromatic N) is 1. The molecule has 4 aromatic rings. The summed E-state index contributed by atoms with van der Waals surface area (Å²) in [5.74, 6) is 0. The molecule has 2 atom stereocenters. The molecule has 5 nitrogen and oxygen atoms in total. The zero-order valence-corrected chi connectivity index (χ0v) is 21.7. The van der Waals surface area contributed by atoms with Gasteiger partial charge < -0.3 is 0 Å². The molecule has 1 unspecified atom stereocenters. The number of halogens is 1. The Morgan fingerprint density at radius 3 is 2.18 bits per heavy atom. The van der Waals surface area contributed by atoms with E-state index in [0.717, 1.165) is 15.4 Å². The van der Waals surface area contributed by atoms with E-state index in [0.29, 0.717) is 11.2 Å². The van der Waals surface area contributed by atoms with Crippen LogP contribution in [-0.4, -0.2) is 21.3 Å². The van der Waals surface area contributed by atoms with Gasteiger partial charge in [-0.3, -0.25) is 0 Å². The molecule has 0 radical (unpaired) electrons. The van der Waals surface area contributed by atoms with Gasteiger partial charge in [0.15, 0.2) is 0 Å². The normalized spacial score (nSPS) is 14.3. The summed E-state index contributed by atoms with van der Waals surface area (Å²) in [6, 6.07) is 24.5. The fourth-order valence-electron chi connectivity index (χ4n) is 3.59. The monoisotopic (exact) mass is 544 g/mol. The number of hydrogen-bond acceptors (Lipinski definition) is 3. The zero-order chi connectivity index (χ0) is 23.8. The molecule has 0 saturated heterocycles. The summed E-state index contributed by atoms with van der Waals surface area (Å²) >= 11 is 3.60. The van der Waals surface area contributed by atoms with Crippen molar-refractivity contribution in [3.8, 4) is 0 Å². The van der Waals surface area contributed by atoms with Crippen molar-refractivity contribution in [1.29, 1.82) is 0 Å². The average Bonchev–Trinajstić information content (AvgIpc) is 3.18. The van der Waals surface area contributed by atoms with Gasteiger partial charge in [0.25, 0.3) is 10.0 Å². The minimum atomic E-state index is -3.93. The number of nitrogens with one attached hydrogen (secondary N) is 1. The highest BCUT2D eigenvalue weighted by atomic mass is 79.9. The van der Waals surface area contributed by atoms with Crippen molar-refractivity contribution in [2.24, 2.45) is 0 Å². The van der Waals surface area contributed by atoms with Crippen molar-refractivity contribution in [2.75, 3.05) is 0 Å². The molecule has 172 valence electrons. The Bertz CT molecular complexity index is 1430. The van der Waals surface area contributed by atoms with Crippen LogP contribution in [0.1, 0.15) is 38.1 Å². The third kappa shape index (κ3) is 4.71. The van der Waals surface area contributed by atoms with E-state index >= 15 is 0 Å². The molecule has 0 fully saturated rings. The van der Waals surface area contributed by atoms with Gasteiger partial charge in [0.1, 0.15) is 0 Å². The number of aromatic nitrogens is 1. The first-order chi connectivity index (χ1) is 15.6. The molecule has 1 N–H and O–H groups in total. The molecule has 0 amide bonds. The molecule has 33 heavy (non-hydrogen) atoms. The lowest BCUT2D eigenvalue weighted by molar-refractivity contribution is 0.581. The molecule has 8 heteroatoms. The molecule has 0 saturated carbocycles. The average molecular weight is 546 g/mol. The maximum Gasteiger partial charge on any atom is 0.268 e. The van der Waals surface area contributed by atoms with E-state index < -0.39 is 31.8 Å². The quantitative estimate of drug-likeness (QED) is 0.334. The lowest BCUT2D eigenvalue weighted by atomic mass is 10.0. The van der Waals surface area contributed by atoms with Crippen molar-refractivity contribution in [3.05, 3.63) is 101 Å². The number of benzene rings is 3. The summed E-state index contributed by atoms with van der Waals surface area (Å²) in [5, 5.41) is 0.785. The van der Waals surface area contributed by atoms with E-state index in [4.69, 9.17) is 0 Å². The Labute approximate surface area is 205 Å². The first-order valence-electron chi connectivity index (χ1n) is 10.4. The Hall–Kier alpha value is -2.26. The molecular formula is C25H25BrN2O3S2. The topological polar surface area (TPSA) is 68.2 Å². The SMILES string of the molecule is CC(C)(C)S(=O)N[C@@H](c1ccccc1Br)c1cc2ccccc2n1S(=O)(=O)c1ccccc1. The number of hydrogen-bond donors (Lipinski definition) is 1. The molecular weight excluding hydrogens is 520 g/mol. The fourth-order valence-corrected chi connectivity index (χ4v) is 6.50. The lowest BCUT2D eigenvalue weighted by Gasteiger charge is -2.26. The van der Waals surface area contributed by atoms with Gasteiger partial charge in [-0.15, -0.1) is 0 Å². The second-order valence-electron chi connectivity index (χ2n) is 8.66. The van der Waals surface area contributed by atoms with E-state index in [9.17, 15) is 12.6 Å². The van der Waals surface area contributed by atoms with Gasteiger partial charge in [0.2, 0.25) is 0 Å². The van der Waals surface area contributed by atoms with E-state index in [1.807, 2.05) is 69.3 Å². The van der Waals surface area contributed by atoms with Crippen LogP contribution in [0.5, 0.6) is 0 Å². The highest BCUT2D eigenvalue weighted by molar-refractivity contribution is 9.10. The van der Waals surface area contributed by atoms with Gasteiger partial charge in [-0.25, -0.2) is 21.3 Å². The molecule has 3 aromatic carbocycles. The lowest BCUT2D eigenvalue weighted by Crippen LogP contribution is -2.37. The number of para-hydroxylation sites is 1. The number of fused-ring (bicyclic) bond motifs is 1. The predicted octanol–water partition coefficient (Wildman–Crippen LogP) is 5.78. The van der Waals surface area contributed by atoms with Crippen molar-refractivity contribution >= 4 is 47.8 Å². The van der Waals surface area contributed by atoms with Crippen LogP contribution in [0, 0.1) is 0 Å². The minimum Gasteiger partial charge on any atom is -0.242 e. The Balaban J connectivity index is 2.02. The summed E-state index contributed by atoms with van der Waals surface area (Å²) in [6.45, 7) is 5.64. The standard InChI is InChI=1S/C25H25BrN2O3S2/c1-25(2,3)32(29)27-24(20-14-8-9-15-21(20)26)23-17-18-11-7-10-16-22(18)28(23)33(30,31)19-12-5-4-6-13-19/h4-17,24,27H,1-3H3/t24-,32?/m0/s1. The Kier molecular flexibility index (Phi) is 6.64. The minimum absolute atomic E-state index is 0.190. The zero-order valence-electron chi connectivity index (χ0n) is 18.5. The van der Waals surface area contributed by atoms with Crippen LogP contribution in [-0.2, 0) is 21.0 Å². The largest absolute Gasteiger partial charge is 0.268 e.